The Bertz CT molecular complexity index is 1150. The lowest BCUT2D eigenvalue weighted by molar-refractivity contribution is -0.126. The van der Waals surface area contributed by atoms with E-state index in [-0.39, 0.29) is 11.8 Å². The molecule has 7 heteroatoms. The SMILES string of the molecule is C=CC(=O)N1CCN(c2ncnc3c2CC[C@@H](c2nc(N)cc4ccccc24)C3)CC1. The highest BCUT2D eigenvalue weighted by Gasteiger charge is 2.29. The van der Waals surface area contributed by atoms with E-state index < -0.39 is 0 Å². The largest absolute Gasteiger partial charge is 0.384 e. The van der Waals surface area contributed by atoms with Crippen molar-refractivity contribution in [1.82, 2.24) is 19.9 Å². The molecule has 2 aliphatic rings. The van der Waals surface area contributed by atoms with E-state index in [1.54, 1.807) is 6.33 Å². The lowest BCUT2D eigenvalue weighted by atomic mass is 9.83. The second kappa shape index (κ2) is 7.98. The fourth-order valence-corrected chi connectivity index (χ4v) is 4.86. The van der Waals surface area contributed by atoms with Crippen LogP contribution in [0.15, 0.2) is 49.3 Å². The minimum Gasteiger partial charge on any atom is -0.384 e. The number of aromatic nitrogens is 3. The van der Waals surface area contributed by atoms with Gasteiger partial charge in [-0.25, -0.2) is 15.0 Å². The Morgan fingerprint density at radius 1 is 1.16 bits per heavy atom. The molecule has 0 unspecified atom stereocenters. The number of pyridine rings is 1. The predicted octanol–water partition coefficient (Wildman–Crippen LogP) is 2.71. The second-order valence-corrected chi connectivity index (χ2v) is 8.23. The molecule has 1 fully saturated rings. The van der Waals surface area contributed by atoms with Crippen LogP contribution in [0, 0.1) is 0 Å². The van der Waals surface area contributed by atoms with E-state index in [4.69, 9.17) is 10.7 Å². The zero-order valence-electron chi connectivity index (χ0n) is 17.5. The summed E-state index contributed by atoms with van der Waals surface area (Å²) in [6.45, 7) is 6.50. The van der Waals surface area contributed by atoms with E-state index in [0.29, 0.717) is 18.9 Å². The van der Waals surface area contributed by atoms with Crippen LogP contribution in [0.4, 0.5) is 11.6 Å². The van der Waals surface area contributed by atoms with Crippen molar-refractivity contribution in [3.63, 3.8) is 0 Å². The van der Waals surface area contributed by atoms with Gasteiger partial charge in [0.2, 0.25) is 5.91 Å². The van der Waals surface area contributed by atoms with E-state index in [1.807, 2.05) is 17.0 Å². The third-order valence-corrected chi connectivity index (χ3v) is 6.44. The number of carbonyl (C=O) groups is 1. The van der Waals surface area contributed by atoms with Crippen molar-refractivity contribution < 1.29 is 4.79 Å². The molecule has 0 radical (unpaired) electrons. The number of carbonyl (C=O) groups excluding carboxylic acids is 1. The van der Waals surface area contributed by atoms with Crippen molar-refractivity contribution in [2.75, 3.05) is 36.8 Å². The van der Waals surface area contributed by atoms with Gasteiger partial charge in [-0.15, -0.1) is 0 Å². The van der Waals surface area contributed by atoms with E-state index >= 15 is 0 Å². The lowest BCUT2D eigenvalue weighted by Gasteiger charge is -2.37. The Morgan fingerprint density at radius 2 is 1.97 bits per heavy atom. The van der Waals surface area contributed by atoms with Crippen molar-refractivity contribution >= 4 is 28.3 Å². The Hall–Kier alpha value is -3.48. The number of piperazine rings is 1. The van der Waals surface area contributed by atoms with Crippen molar-refractivity contribution in [3.8, 4) is 0 Å². The Kier molecular flexibility index (Phi) is 5.02. The number of rotatable bonds is 3. The summed E-state index contributed by atoms with van der Waals surface area (Å²) >= 11 is 0. The third-order valence-electron chi connectivity index (χ3n) is 6.44. The van der Waals surface area contributed by atoms with Crippen LogP contribution in [0.2, 0.25) is 0 Å². The van der Waals surface area contributed by atoms with Crippen LogP contribution in [-0.2, 0) is 17.6 Å². The highest BCUT2D eigenvalue weighted by Crippen LogP contribution is 2.37. The summed E-state index contributed by atoms with van der Waals surface area (Å²) in [4.78, 5) is 30.0. The van der Waals surface area contributed by atoms with Gasteiger partial charge in [0.1, 0.15) is 18.0 Å². The van der Waals surface area contributed by atoms with Gasteiger partial charge < -0.3 is 15.5 Å². The maximum atomic E-state index is 11.9. The second-order valence-electron chi connectivity index (χ2n) is 8.23. The van der Waals surface area contributed by atoms with E-state index in [9.17, 15) is 4.79 Å². The first-order chi connectivity index (χ1) is 15.1. The van der Waals surface area contributed by atoms with Gasteiger partial charge in [-0.3, -0.25) is 4.79 Å². The van der Waals surface area contributed by atoms with E-state index in [2.05, 4.69) is 39.6 Å². The smallest absolute Gasteiger partial charge is 0.246 e. The average molecular weight is 415 g/mol. The molecule has 7 nitrogen and oxygen atoms in total. The molecule has 31 heavy (non-hydrogen) atoms. The predicted molar refractivity (Wildman–Crippen MR) is 122 cm³/mol. The first-order valence-corrected chi connectivity index (χ1v) is 10.8. The average Bonchev–Trinajstić information content (AvgIpc) is 2.82. The Morgan fingerprint density at radius 3 is 2.77 bits per heavy atom. The maximum Gasteiger partial charge on any atom is 0.246 e. The zero-order chi connectivity index (χ0) is 21.4. The van der Waals surface area contributed by atoms with Crippen LogP contribution < -0.4 is 10.6 Å². The summed E-state index contributed by atoms with van der Waals surface area (Å²) in [6, 6.07) is 10.2. The van der Waals surface area contributed by atoms with Crippen LogP contribution in [0.3, 0.4) is 0 Å². The number of anilines is 2. The Labute approximate surface area is 181 Å². The summed E-state index contributed by atoms with van der Waals surface area (Å²) in [7, 11) is 0. The van der Waals surface area contributed by atoms with E-state index in [1.165, 1.54) is 17.0 Å². The number of nitrogen functional groups attached to an aromatic ring is 1. The van der Waals surface area contributed by atoms with Crippen molar-refractivity contribution in [2.24, 2.45) is 0 Å². The van der Waals surface area contributed by atoms with Crippen LogP contribution in [-0.4, -0.2) is 51.9 Å². The number of nitrogens with two attached hydrogens (primary N) is 1. The van der Waals surface area contributed by atoms with Gasteiger partial charge >= 0.3 is 0 Å². The molecule has 1 aliphatic carbocycles. The molecule has 5 rings (SSSR count). The Balaban J connectivity index is 1.40. The minimum absolute atomic E-state index is 0.00549. The molecule has 0 spiro atoms. The van der Waals surface area contributed by atoms with Gasteiger partial charge in [0.05, 0.1) is 5.69 Å². The van der Waals surface area contributed by atoms with Gasteiger partial charge in [0.25, 0.3) is 0 Å². The maximum absolute atomic E-state index is 11.9. The van der Waals surface area contributed by atoms with Crippen LogP contribution >= 0.6 is 0 Å². The van der Waals surface area contributed by atoms with E-state index in [0.717, 1.165) is 54.9 Å². The number of amides is 1. The molecule has 1 aliphatic heterocycles. The molecule has 3 aromatic rings. The molecular weight excluding hydrogens is 388 g/mol. The molecule has 0 saturated carbocycles. The highest BCUT2D eigenvalue weighted by atomic mass is 16.2. The standard InChI is InChI=1S/C24H26N6O/c1-2-22(31)29-9-11-30(12-10-29)24-19-8-7-17(13-20(19)26-15-27-24)23-18-6-4-3-5-16(18)14-21(25)28-23/h2-6,14-15,17H,1,7-13H2,(H2,25,28)/t17-/m1/s1. The molecule has 158 valence electrons. The van der Waals surface area contributed by atoms with Crippen LogP contribution in [0.5, 0.6) is 0 Å². The van der Waals surface area contributed by atoms with Gasteiger partial charge in [-0.2, -0.15) is 0 Å². The molecule has 3 heterocycles. The molecule has 2 N–H and O–H groups in total. The lowest BCUT2D eigenvalue weighted by Crippen LogP contribution is -2.49. The minimum atomic E-state index is -0.00549. The number of nitrogens with zero attached hydrogens (tertiary/aromatic N) is 5. The fraction of sp³-hybridized carbons (Fsp3) is 0.333. The van der Waals surface area contributed by atoms with Crippen LogP contribution in [0.25, 0.3) is 10.8 Å². The summed E-state index contributed by atoms with van der Waals surface area (Å²) < 4.78 is 0. The number of hydrogen-bond donors (Lipinski definition) is 1. The van der Waals surface area contributed by atoms with Gasteiger partial charge in [-0.1, -0.05) is 30.8 Å². The molecule has 1 atom stereocenters. The van der Waals surface area contributed by atoms with Gasteiger partial charge in [-0.05, 0) is 36.8 Å². The molecule has 1 amide bonds. The first kappa shape index (κ1) is 19.5. The summed E-state index contributed by atoms with van der Waals surface area (Å²) in [5, 5.41) is 2.30. The fourth-order valence-electron chi connectivity index (χ4n) is 4.86. The molecule has 1 saturated heterocycles. The zero-order valence-corrected chi connectivity index (χ0v) is 17.5. The number of fused-ring (bicyclic) bond motifs is 2. The molecule has 0 bridgehead atoms. The number of hydrogen-bond acceptors (Lipinski definition) is 6. The summed E-state index contributed by atoms with van der Waals surface area (Å²) in [5.74, 6) is 1.86. The van der Waals surface area contributed by atoms with Crippen molar-refractivity contribution in [3.05, 3.63) is 66.3 Å². The van der Waals surface area contributed by atoms with Crippen molar-refractivity contribution in [1.29, 1.82) is 0 Å². The van der Waals surface area contributed by atoms with Crippen molar-refractivity contribution in [2.45, 2.75) is 25.2 Å². The summed E-state index contributed by atoms with van der Waals surface area (Å²) in [6.07, 6.45) is 5.79. The third kappa shape index (κ3) is 3.60. The normalized spacial score (nSPS) is 18.6. The monoisotopic (exact) mass is 414 g/mol. The van der Waals surface area contributed by atoms with Gasteiger partial charge in [0.15, 0.2) is 0 Å². The molecule has 2 aromatic heterocycles. The molecular formula is C24H26N6O. The highest BCUT2D eigenvalue weighted by molar-refractivity contribution is 5.87. The summed E-state index contributed by atoms with van der Waals surface area (Å²) in [5.41, 5.74) is 9.51. The van der Waals surface area contributed by atoms with Crippen LogP contribution in [0.1, 0.15) is 29.3 Å². The molecule has 1 aromatic carbocycles. The first-order valence-electron chi connectivity index (χ1n) is 10.8. The van der Waals surface area contributed by atoms with Gasteiger partial charge in [0, 0.05) is 48.7 Å². The number of benzene rings is 1. The quantitative estimate of drug-likeness (QED) is 0.663. The topological polar surface area (TPSA) is 88.2 Å².